The zero-order chi connectivity index (χ0) is 64.1. The van der Waals surface area contributed by atoms with Gasteiger partial charge < -0.3 is 93.0 Å². The molecule has 31 heteroatoms. The second-order valence-corrected chi connectivity index (χ2v) is 28.7. The summed E-state index contributed by atoms with van der Waals surface area (Å²) in [6.07, 6.45) is -28.2. The van der Waals surface area contributed by atoms with Gasteiger partial charge in [0, 0.05) is 19.4 Å². The van der Waals surface area contributed by atoms with Gasteiger partial charge >= 0.3 is 32.7 Å². The molecule has 28 atom stereocenters. The molecular weight excluding hydrogens is 1200 g/mol. The van der Waals surface area contributed by atoms with Crippen LogP contribution in [0.2, 0.25) is 0 Å². The van der Waals surface area contributed by atoms with E-state index in [0.717, 1.165) is 31.1 Å². The third-order valence-corrected chi connectivity index (χ3v) is 21.8. The fourth-order valence-corrected chi connectivity index (χ4v) is 17.6. The van der Waals surface area contributed by atoms with Crippen LogP contribution in [-0.2, 0) is 90.9 Å². The minimum Gasteiger partial charge on any atom is -0.462 e. The number of methoxy groups -OCH3 is 1. The summed E-state index contributed by atoms with van der Waals surface area (Å²) >= 11 is 0. The van der Waals surface area contributed by atoms with Crippen molar-refractivity contribution < 1.29 is 137 Å². The second kappa shape index (κ2) is 25.4. The number of allylic oxidation sites excluding steroid dienone is 3. The Morgan fingerprint density at radius 3 is 1.98 bits per heavy atom. The van der Waals surface area contributed by atoms with Crippen molar-refractivity contribution in [2.45, 2.75) is 248 Å². The lowest BCUT2D eigenvalue weighted by molar-refractivity contribution is -0.389. The van der Waals surface area contributed by atoms with Gasteiger partial charge in [0.1, 0.15) is 97.2 Å². The summed E-state index contributed by atoms with van der Waals surface area (Å²) in [5.74, 6) is -1.14. The number of hydrogen-bond donors (Lipinski definition) is 10. The predicted octanol–water partition coefficient (Wildman–Crippen LogP) is -0.192. The Bertz CT molecular complexity index is 2770. The summed E-state index contributed by atoms with van der Waals surface area (Å²) in [5, 5.41) is 89.7. The first-order valence-electron chi connectivity index (χ1n) is 29.6. The number of fused-ring (bicyclic) bond motifs is 4. The van der Waals surface area contributed by atoms with Gasteiger partial charge in [-0.2, -0.15) is 16.8 Å². The highest BCUT2D eigenvalue weighted by atomic mass is 32.3. The molecule has 5 aliphatic heterocycles. The van der Waals surface area contributed by atoms with E-state index >= 15 is 0 Å². The minimum atomic E-state index is -5.23. The van der Waals surface area contributed by atoms with Crippen LogP contribution in [0.4, 0.5) is 0 Å². The molecule has 10 N–H and O–H groups in total. The molecule has 5 saturated heterocycles. The Balaban J connectivity index is 0.928. The van der Waals surface area contributed by atoms with Crippen molar-refractivity contribution in [1.29, 1.82) is 0 Å². The maximum absolute atomic E-state index is 14.7. The maximum Gasteiger partial charge on any atom is 0.397 e. The number of carbonyl (C=O) groups excluding carboxylic acids is 2. The fourth-order valence-electron chi connectivity index (χ4n) is 16.8. The van der Waals surface area contributed by atoms with Gasteiger partial charge in [0.25, 0.3) is 0 Å². The Morgan fingerprint density at radius 1 is 0.736 bits per heavy atom. The van der Waals surface area contributed by atoms with E-state index in [9.17, 15) is 76.4 Å². The van der Waals surface area contributed by atoms with Crippen molar-refractivity contribution in [2.24, 2.45) is 39.4 Å². The Kier molecular flexibility index (Phi) is 20.1. The van der Waals surface area contributed by atoms with Crippen molar-refractivity contribution >= 4 is 32.7 Å². The van der Waals surface area contributed by atoms with Crippen LogP contribution >= 0.6 is 0 Å². The Hall–Kier alpha value is -2.52. The summed E-state index contributed by atoms with van der Waals surface area (Å²) < 4.78 is 141. The van der Waals surface area contributed by atoms with E-state index in [1.807, 2.05) is 13.8 Å². The summed E-state index contributed by atoms with van der Waals surface area (Å²) in [7, 11) is -9.28. The summed E-state index contributed by atoms with van der Waals surface area (Å²) in [5.41, 5.74) is -1.40. The molecule has 5 heterocycles. The van der Waals surface area contributed by atoms with Crippen LogP contribution in [-0.4, -0.2) is 240 Å². The molecule has 9 aliphatic rings. The van der Waals surface area contributed by atoms with E-state index in [0.29, 0.717) is 44.9 Å². The molecule has 0 amide bonds. The normalized spacial score (nSPS) is 48.0. The van der Waals surface area contributed by atoms with E-state index in [1.54, 1.807) is 0 Å². The summed E-state index contributed by atoms with van der Waals surface area (Å²) in [6, 6.07) is 0. The number of cyclic esters (lactones) is 1. The quantitative estimate of drug-likeness (QED) is 0.0429. The zero-order valence-electron chi connectivity index (χ0n) is 50.2. The molecule has 0 radical (unpaired) electrons. The van der Waals surface area contributed by atoms with Gasteiger partial charge in [-0.05, 0) is 101 Å². The van der Waals surface area contributed by atoms with Gasteiger partial charge in [-0.1, -0.05) is 44.9 Å². The van der Waals surface area contributed by atoms with E-state index in [-0.39, 0.29) is 29.1 Å². The predicted molar refractivity (Wildman–Crippen MR) is 292 cm³/mol. The lowest BCUT2D eigenvalue weighted by atomic mass is 9.41. The molecule has 3 saturated carbocycles. The Labute approximate surface area is 505 Å². The number of aliphatic hydroxyl groups excluding tert-OH is 8. The van der Waals surface area contributed by atoms with Crippen LogP contribution in [0.5, 0.6) is 0 Å². The number of rotatable bonds is 20. The van der Waals surface area contributed by atoms with Crippen molar-refractivity contribution in [3.63, 3.8) is 0 Å². The largest absolute Gasteiger partial charge is 0.462 e. The van der Waals surface area contributed by atoms with Crippen LogP contribution in [0, 0.1) is 39.4 Å². The van der Waals surface area contributed by atoms with Gasteiger partial charge in [-0.25, -0.2) is 8.37 Å². The van der Waals surface area contributed by atoms with Crippen LogP contribution in [0.1, 0.15) is 113 Å². The maximum atomic E-state index is 14.7. The highest BCUT2D eigenvalue weighted by molar-refractivity contribution is 7.81. The molecule has 28 unspecified atom stereocenters. The van der Waals surface area contributed by atoms with Crippen molar-refractivity contribution in [3.8, 4) is 0 Å². The fraction of sp³-hybridized carbons (Fsp3) is 0.893. The van der Waals surface area contributed by atoms with Crippen molar-refractivity contribution in [1.82, 2.24) is 0 Å². The van der Waals surface area contributed by atoms with Crippen LogP contribution in [0.25, 0.3) is 0 Å². The van der Waals surface area contributed by atoms with Crippen LogP contribution < -0.4 is 0 Å². The average molecular weight is 1290 g/mol. The average Bonchev–Trinajstić information content (AvgIpc) is 1.53. The molecule has 9 rings (SSSR count). The van der Waals surface area contributed by atoms with Crippen LogP contribution in [0.15, 0.2) is 23.8 Å². The first-order chi connectivity index (χ1) is 40.5. The highest BCUT2D eigenvalue weighted by Crippen LogP contribution is 2.77. The molecular formula is C56H88O29S2. The molecule has 4 aliphatic carbocycles. The first kappa shape index (κ1) is 68.8. The van der Waals surface area contributed by atoms with Gasteiger partial charge in [-0.3, -0.25) is 18.7 Å². The Morgan fingerprint density at radius 2 is 1.36 bits per heavy atom. The van der Waals surface area contributed by atoms with E-state index in [1.165, 1.54) is 13.8 Å². The molecule has 0 aromatic rings. The van der Waals surface area contributed by atoms with E-state index in [4.69, 9.17) is 56.3 Å². The third-order valence-electron chi connectivity index (χ3n) is 20.8. The third kappa shape index (κ3) is 12.8. The summed E-state index contributed by atoms with van der Waals surface area (Å²) in [6.45, 7) is 16.6. The SMILES string of the molecule is C=C(C)CCCC1(C)OC(=O)C23CCC4C(=CCC5C(C)(C)C(OC6OCC(OS(=O)(=O)O)C(O)C6OC6OC(C)C(OC7OC(COS(=O)(=O)O)C(O)C(OC8OC(CO)C(O)C(OC)C8O)C7O)C(O)C6O)CCC45C)C2(C)CC(OC(C)=O)C13. The number of hydrogen-bond acceptors (Lipinski definition) is 27. The lowest BCUT2D eigenvalue weighted by Crippen LogP contribution is -2.67. The topological polar surface area (TPSA) is 425 Å². The highest BCUT2D eigenvalue weighted by Gasteiger charge is 2.79. The van der Waals surface area contributed by atoms with Gasteiger partial charge in [0.15, 0.2) is 25.2 Å². The van der Waals surface area contributed by atoms with Crippen molar-refractivity contribution in [3.05, 3.63) is 23.8 Å². The molecule has 498 valence electrons. The molecule has 29 nitrogen and oxygen atoms in total. The van der Waals surface area contributed by atoms with Crippen molar-refractivity contribution in [2.75, 3.05) is 26.9 Å². The van der Waals surface area contributed by atoms with Gasteiger partial charge in [0.2, 0.25) is 0 Å². The molecule has 0 aromatic carbocycles. The first-order valence-corrected chi connectivity index (χ1v) is 32.3. The molecule has 0 bridgehead atoms. The molecule has 87 heavy (non-hydrogen) atoms. The van der Waals surface area contributed by atoms with Crippen LogP contribution in [0.3, 0.4) is 0 Å². The minimum absolute atomic E-state index is 0.000734. The smallest absolute Gasteiger partial charge is 0.397 e. The lowest BCUT2D eigenvalue weighted by Gasteiger charge is -2.64. The number of esters is 2. The van der Waals surface area contributed by atoms with E-state index < -0.39 is 197 Å². The second-order valence-electron chi connectivity index (χ2n) is 26.6. The number of aliphatic hydroxyl groups is 8. The number of ether oxygens (including phenoxy) is 11. The summed E-state index contributed by atoms with van der Waals surface area (Å²) in [4.78, 5) is 27.5. The standard InChI is InChI=1S/C56H88O29S2/c1-24(2)12-11-17-55(9)46-29(77-26(4)58)20-54(8)28-13-14-33-52(5,6)34(16-18-53(33,7)27(28)15-19-56(46,54)51(66)84-55)80-50-45(37(61)32(22-74-50)85-87(70,71)72)83-47-39(63)38(62)42(25(3)76-47)81-49-41(65)44(36(60)31(79-49)23-75-86(67,68)69)82-48-40(64)43(73-10)35(59)30(21-57)78-48/h13,25,27,29-50,57,59-65H,1,11-12,14-23H2,2-10H3,(H,67,68,69)(H,70,71,72). The molecule has 1 spiro atoms. The van der Waals surface area contributed by atoms with Gasteiger partial charge in [-0.15, -0.1) is 6.58 Å². The molecule has 8 fully saturated rings. The number of carbonyl (C=O) groups is 2. The molecule has 0 aromatic heterocycles. The van der Waals surface area contributed by atoms with E-state index in [2.05, 4.69) is 44.5 Å². The monoisotopic (exact) mass is 1290 g/mol. The van der Waals surface area contributed by atoms with Gasteiger partial charge in [0.05, 0.1) is 43.4 Å². The zero-order valence-corrected chi connectivity index (χ0v) is 51.8.